The van der Waals surface area contributed by atoms with Crippen molar-refractivity contribution in [1.29, 1.82) is 0 Å². The second-order valence-electron chi connectivity index (χ2n) is 8.48. The number of nitrogens with zero attached hydrogens (tertiary/aromatic N) is 2. The first-order valence-electron chi connectivity index (χ1n) is 11.0. The van der Waals surface area contributed by atoms with E-state index in [2.05, 4.69) is 101 Å². The van der Waals surface area contributed by atoms with Gasteiger partial charge in [-0.3, -0.25) is 4.98 Å². The van der Waals surface area contributed by atoms with Crippen LogP contribution in [0.15, 0.2) is 109 Å². The molecule has 2 nitrogen and oxygen atoms in total. The zero-order chi connectivity index (χ0) is 21.1. The maximum atomic E-state index is 4.56. The lowest BCUT2D eigenvalue weighted by atomic mass is 10.0. The molecule has 0 saturated carbocycles. The van der Waals surface area contributed by atoms with E-state index < -0.39 is 0 Å². The highest BCUT2D eigenvalue weighted by Gasteiger charge is 2.21. The van der Waals surface area contributed by atoms with E-state index in [1.807, 2.05) is 18.3 Å². The molecule has 0 atom stereocenters. The van der Waals surface area contributed by atoms with E-state index in [9.17, 15) is 0 Å². The Hall–Kier alpha value is -4.17. The molecule has 0 spiro atoms. The standard InChI is InChI=1S/C30H20N2/c1-2-11-24-20(8-1)16-22-18-30-27(19-26(22)24)25-12-3-4-14-29(25)32(30)23-10-7-9-21(17-23)28-13-5-6-15-31-28/h1-15,17-19H,16H2. The summed E-state index contributed by atoms with van der Waals surface area (Å²) < 4.78 is 2.40. The quantitative estimate of drug-likeness (QED) is 0.291. The van der Waals surface area contributed by atoms with Gasteiger partial charge < -0.3 is 4.57 Å². The molecule has 6 aromatic rings. The smallest absolute Gasteiger partial charge is 0.0702 e. The average Bonchev–Trinajstić information content (AvgIpc) is 3.38. The third kappa shape index (κ3) is 2.50. The van der Waals surface area contributed by atoms with Crippen LogP contribution < -0.4 is 0 Å². The average molecular weight is 409 g/mol. The molecule has 7 rings (SSSR count). The fraction of sp³-hybridized carbons (Fsp3) is 0.0333. The first-order valence-corrected chi connectivity index (χ1v) is 11.0. The Labute approximate surface area is 186 Å². The summed E-state index contributed by atoms with van der Waals surface area (Å²) in [6.45, 7) is 0. The molecule has 2 aromatic heterocycles. The summed E-state index contributed by atoms with van der Waals surface area (Å²) in [5, 5.41) is 2.59. The number of hydrogen-bond acceptors (Lipinski definition) is 1. The number of aromatic nitrogens is 2. The molecule has 0 saturated heterocycles. The van der Waals surface area contributed by atoms with Crippen molar-refractivity contribution < 1.29 is 0 Å². The Morgan fingerprint density at radius 2 is 1.47 bits per heavy atom. The minimum Gasteiger partial charge on any atom is -0.309 e. The van der Waals surface area contributed by atoms with Crippen LogP contribution in [0.2, 0.25) is 0 Å². The predicted molar refractivity (Wildman–Crippen MR) is 132 cm³/mol. The SMILES string of the molecule is c1ccc(-c2cccc(-n3c4ccccc4c4cc5c(cc43)Cc3ccccc3-5)c2)nc1. The molecule has 1 aliphatic carbocycles. The highest BCUT2D eigenvalue weighted by atomic mass is 15.0. The summed E-state index contributed by atoms with van der Waals surface area (Å²) in [5.41, 5.74) is 11.3. The van der Waals surface area contributed by atoms with E-state index in [-0.39, 0.29) is 0 Å². The van der Waals surface area contributed by atoms with Gasteiger partial charge in [0.05, 0.1) is 16.7 Å². The van der Waals surface area contributed by atoms with Gasteiger partial charge in [0.2, 0.25) is 0 Å². The van der Waals surface area contributed by atoms with Gasteiger partial charge in [-0.25, -0.2) is 0 Å². The minimum atomic E-state index is 0.992. The lowest BCUT2D eigenvalue weighted by molar-refractivity contribution is 1.17. The van der Waals surface area contributed by atoms with Crippen LogP contribution >= 0.6 is 0 Å². The van der Waals surface area contributed by atoms with Gasteiger partial charge in [-0.05, 0) is 71.1 Å². The molecule has 0 N–H and O–H groups in total. The highest BCUT2D eigenvalue weighted by molar-refractivity contribution is 6.11. The molecule has 2 heterocycles. The number of benzene rings is 4. The van der Waals surface area contributed by atoms with Gasteiger partial charge in [-0.2, -0.15) is 0 Å². The van der Waals surface area contributed by atoms with Crippen molar-refractivity contribution >= 4 is 21.8 Å². The monoisotopic (exact) mass is 408 g/mol. The minimum absolute atomic E-state index is 0.992. The van der Waals surface area contributed by atoms with Crippen LogP contribution in [0.1, 0.15) is 11.1 Å². The molecular formula is C30H20N2. The van der Waals surface area contributed by atoms with Crippen molar-refractivity contribution in [1.82, 2.24) is 9.55 Å². The Morgan fingerprint density at radius 3 is 2.41 bits per heavy atom. The van der Waals surface area contributed by atoms with Crippen LogP contribution in [-0.4, -0.2) is 9.55 Å². The van der Waals surface area contributed by atoms with Gasteiger partial charge in [0, 0.05) is 28.2 Å². The third-order valence-electron chi connectivity index (χ3n) is 6.65. The first kappa shape index (κ1) is 17.5. The lowest BCUT2D eigenvalue weighted by Crippen LogP contribution is -1.95. The maximum Gasteiger partial charge on any atom is 0.0702 e. The summed E-state index contributed by atoms with van der Waals surface area (Å²) in [7, 11) is 0. The van der Waals surface area contributed by atoms with Gasteiger partial charge in [0.25, 0.3) is 0 Å². The van der Waals surface area contributed by atoms with Crippen molar-refractivity contribution in [3.63, 3.8) is 0 Å². The fourth-order valence-electron chi connectivity index (χ4n) is 5.21. The number of para-hydroxylation sites is 1. The van der Waals surface area contributed by atoms with E-state index in [0.717, 1.165) is 23.4 Å². The predicted octanol–water partition coefficient (Wildman–Crippen LogP) is 7.42. The molecule has 4 aromatic carbocycles. The van der Waals surface area contributed by atoms with E-state index in [4.69, 9.17) is 0 Å². The summed E-state index contributed by atoms with van der Waals surface area (Å²) in [6.07, 6.45) is 2.85. The largest absolute Gasteiger partial charge is 0.309 e. The van der Waals surface area contributed by atoms with Gasteiger partial charge in [0.1, 0.15) is 0 Å². The summed E-state index contributed by atoms with van der Waals surface area (Å²) in [6, 6.07) is 37.1. The van der Waals surface area contributed by atoms with Crippen molar-refractivity contribution in [3.8, 4) is 28.1 Å². The van der Waals surface area contributed by atoms with Crippen molar-refractivity contribution in [2.75, 3.05) is 0 Å². The molecule has 1 aliphatic rings. The highest BCUT2D eigenvalue weighted by Crippen LogP contribution is 2.42. The zero-order valence-electron chi connectivity index (χ0n) is 17.5. The van der Waals surface area contributed by atoms with Crippen LogP contribution in [0.5, 0.6) is 0 Å². The van der Waals surface area contributed by atoms with Crippen molar-refractivity contribution in [3.05, 3.63) is 120 Å². The second kappa shape index (κ2) is 6.66. The lowest BCUT2D eigenvalue weighted by Gasteiger charge is -2.11. The van der Waals surface area contributed by atoms with Crippen LogP contribution in [0, 0.1) is 0 Å². The van der Waals surface area contributed by atoms with E-state index in [1.54, 1.807) is 0 Å². The molecule has 150 valence electrons. The summed E-state index contributed by atoms with van der Waals surface area (Å²) >= 11 is 0. The fourth-order valence-corrected chi connectivity index (χ4v) is 5.21. The number of fused-ring (bicyclic) bond motifs is 6. The zero-order valence-corrected chi connectivity index (χ0v) is 17.5. The van der Waals surface area contributed by atoms with Crippen LogP contribution in [-0.2, 0) is 6.42 Å². The van der Waals surface area contributed by atoms with Gasteiger partial charge in [0.15, 0.2) is 0 Å². The topological polar surface area (TPSA) is 17.8 Å². The van der Waals surface area contributed by atoms with Gasteiger partial charge in [-0.1, -0.05) is 60.7 Å². The molecule has 0 fully saturated rings. The van der Waals surface area contributed by atoms with E-state index >= 15 is 0 Å². The van der Waals surface area contributed by atoms with E-state index in [0.29, 0.717) is 0 Å². The summed E-state index contributed by atoms with van der Waals surface area (Å²) in [4.78, 5) is 4.56. The molecule has 0 amide bonds. The Morgan fingerprint density at radius 1 is 0.594 bits per heavy atom. The van der Waals surface area contributed by atoms with Crippen LogP contribution in [0.3, 0.4) is 0 Å². The Bertz CT molecular complexity index is 1640. The maximum absolute atomic E-state index is 4.56. The third-order valence-corrected chi connectivity index (χ3v) is 6.65. The van der Waals surface area contributed by atoms with Crippen LogP contribution in [0.25, 0.3) is 49.9 Å². The van der Waals surface area contributed by atoms with Crippen LogP contribution in [0.4, 0.5) is 0 Å². The molecular weight excluding hydrogens is 388 g/mol. The Balaban J connectivity index is 1.52. The molecule has 0 radical (unpaired) electrons. The molecule has 32 heavy (non-hydrogen) atoms. The molecule has 2 heteroatoms. The molecule has 0 bridgehead atoms. The molecule has 0 unspecified atom stereocenters. The van der Waals surface area contributed by atoms with Crippen molar-refractivity contribution in [2.45, 2.75) is 6.42 Å². The Kier molecular flexibility index (Phi) is 3.65. The molecule has 0 aliphatic heterocycles. The number of rotatable bonds is 2. The van der Waals surface area contributed by atoms with Crippen molar-refractivity contribution in [2.24, 2.45) is 0 Å². The first-order chi connectivity index (χ1) is 15.9. The van der Waals surface area contributed by atoms with Gasteiger partial charge >= 0.3 is 0 Å². The number of hydrogen-bond donors (Lipinski definition) is 0. The number of pyridine rings is 1. The second-order valence-corrected chi connectivity index (χ2v) is 8.48. The normalized spacial score (nSPS) is 12.2. The van der Waals surface area contributed by atoms with E-state index in [1.165, 1.54) is 44.1 Å². The summed E-state index contributed by atoms with van der Waals surface area (Å²) in [5.74, 6) is 0. The van der Waals surface area contributed by atoms with Gasteiger partial charge in [-0.15, -0.1) is 0 Å².